The zero-order valence-corrected chi connectivity index (χ0v) is 20.2. The summed E-state index contributed by atoms with van der Waals surface area (Å²) in [6, 6.07) is 9.81. The van der Waals surface area contributed by atoms with Gasteiger partial charge in [-0.2, -0.15) is 0 Å². The second kappa shape index (κ2) is 10.7. The Kier molecular flexibility index (Phi) is 7.47. The minimum absolute atomic E-state index is 0.0978. The van der Waals surface area contributed by atoms with Crippen molar-refractivity contribution in [3.63, 3.8) is 0 Å². The molecular formula is C26H34N6O2. The summed E-state index contributed by atoms with van der Waals surface area (Å²) in [6.07, 6.45) is 10.4. The summed E-state index contributed by atoms with van der Waals surface area (Å²) in [5.74, 6) is 0.706. The van der Waals surface area contributed by atoms with E-state index >= 15 is 0 Å². The molecule has 3 aromatic rings. The van der Waals surface area contributed by atoms with Crippen LogP contribution in [-0.4, -0.2) is 51.7 Å². The van der Waals surface area contributed by atoms with Crippen molar-refractivity contribution >= 4 is 16.7 Å². The third-order valence-electron chi connectivity index (χ3n) is 6.70. The first-order chi connectivity index (χ1) is 16.5. The van der Waals surface area contributed by atoms with Gasteiger partial charge in [0.1, 0.15) is 5.82 Å². The van der Waals surface area contributed by atoms with Gasteiger partial charge in [-0.05, 0) is 44.5 Å². The van der Waals surface area contributed by atoms with Gasteiger partial charge in [-0.25, -0.2) is 4.98 Å². The molecule has 8 nitrogen and oxygen atoms in total. The van der Waals surface area contributed by atoms with Crippen molar-refractivity contribution in [3.05, 3.63) is 81.3 Å². The zero-order valence-electron chi connectivity index (χ0n) is 20.2. The molecule has 0 bridgehead atoms. The molecule has 0 spiro atoms. The van der Waals surface area contributed by atoms with Gasteiger partial charge in [0, 0.05) is 69.0 Å². The lowest BCUT2D eigenvalue weighted by Crippen LogP contribution is -2.51. The van der Waals surface area contributed by atoms with Crippen molar-refractivity contribution in [2.45, 2.75) is 44.8 Å². The quantitative estimate of drug-likeness (QED) is 0.535. The van der Waals surface area contributed by atoms with Crippen LogP contribution >= 0.6 is 0 Å². The molecule has 2 aromatic heterocycles. The molecule has 1 aromatic carbocycles. The van der Waals surface area contributed by atoms with Crippen LogP contribution in [0.1, 0.15) is 31.7 Å². The summed E-state index contributed by atoms with van der Waals surface area (Å²) in [5.41, 5.74) is 1.70. The van der Waals surface area contributed by atoms with Crippen LogP contribution in [0.5, 0.6) is 0 Å². The Hall–Kier alpha value is -3.39. The van der Waals surface area contributed by atoms with Gasteiger partial charge in [-0.15, -0.1) is 0 Å². The highest BCUT2D eigenvalue weighted by Crippen LogP contribution is 2.24. The first-order valence-electron chi connectivity index (χ1n) is 11.9. The summed E-state index contributed by atoms with van der Waals surface area (Å²) < 4.78 is 2.04. The molecule has 0 amide bonds. The lowest BCUT2D eigenvalue weighted by atomic mass is 9.99. The molecule has 8 heteroatoms. The SMILES string of the molecule is CN/C=C\CC(C)N(Cc1cn(C)c2ccccc2c1=O)[C@H]1CCCN(c2cc(=O)[nH]cn2)C1. The van der Waals surface area contributed by atoms with Crippen LogP contribution in [0.4, 0.5) is 5.82 Å². The molecule has 1 saturated heterocycles. The van der Waals surface area contributed by atoms with Crippen LogP contribution in [-0.2, 0) is 13.6 Å². The van der Waals surface area contributed by atoms with Crippen LogP contribution in [0.25, 0.3) is 10.9 Å². The number of piperidine rings is 1. The summed E-state index contributed by atoms with van der Waals surface area (Å²) in [7, 11) is 3.89. The number of H-pyrrole nitrogens is 1. The van der Waals surface area contributed by atoms with E-state index in [1.165, 1.54) is 6.33 Å². The number of para-hydroxylation sites is 1. The van der Waals surface area contributed by atoms with E-state index in [2.05, 4.69) is 38.1 Å². The van der Waals surface area contributed by atoms with E-state index in [1.807, 2.05) is 55.3 Å². The summed E-state index contributed by atoms with van der Waals surface area (Å²) in [6.45, 7) is 4.43. The van der Waals surface area contributed by atoms with Crippen LogP contribution in [0.15, 0.2) is 64.7 Å². The number of hydrogen-bond acceptors (Lipinski definition) is 6. The van der Waals surface area contributed by atoms with E-state index in [0.717, 1.165) is 48.8 Å². The number of rotatable bonds is 8. The average Bonchev–Trinajstić information content (AvgIpc) is 2.85. The van der Waals surface area contributed by atoms with Crippen LogP contribution < -0.4 is 21.2 Å². The Morgan fingerprint density at radius 2 is 2.15 bits per heavy atom. The molecule has 1 unspecified atom stereocenters. The van der Waals surface area contributed by atoms with E-state index in [-0.39, 0.29) is 23.1 Å². The van der Waals surface area contributed by atoms with Crippen molar-refractivity contribution < 1.29 is 0 Å². The van der Waals surface area contributed by atoms with E-state index < -0.39 is 0 Å². The molecule has 1 fully saturated rings. The third kappa shape index (κ3) is 5.22. The fourth-order valence-electron chi connectivity index (χ4n) is 4.95. The molecule has 180 valence electrons. The monoisotopic (exact) mass is 462 g/mol. The minimum atomic E-state index is -0.144. The molecule has 3 heterocycles. The van der Waals surface area contributed by atoms with Crippen LogP contribution in [0.2, 0.25) is 0 Å². The number of benzene rings is 1. The van der Waals surface area contributed by atoms with Gasteiger partial charge in [-0.1, -0.05) is 18.2 Å². The first-order valence-corrected chi connectivity index (χ1v) is 11.9. The average molecular weight is 463 g/mol. The predicted molar refractivity (Wildman–Crippen MR) is 137 cm³/mol. The standard InChI is InChI=1S/C26H34N6O2/c1-19(8-6-12-27-2)32(16-20-15-30(3)23-11-5-4-10-22(23)26(20)34)21-9-7-13-31(17-21)24-14-25(33)29-18-28-24/h4-6,10-12,14-15,18-19,21,27H,7-9,13,16-17H2,1-3H3,(H,28,29,33)/b12-6-/t19?,21-/m0/s1. The number of aryl methyl sites for hydroxylation is 1. The van der Waals surface area contributed by atoms with Crippen molar-refractivity contribution in [1.29, 1.82) is 0 Å². The zero-order chi connectivity index (χ0) is 24.1. The van der Waals surface area contributed by atoms with Gasteiger partial charge < -0.3 is 19.8 Å². The van der Waals surface area contributed by atoms with Crippen LogP contribution in [0, 0.1) is 0 Å². The highest BCUT2D eigenvalue weighted by molar-refractivity contribution is 5.79. The maximum Gasteiger partial charge on any atom is 0.252 e. The van der Waals surface area contributed by atoms with Crippen molar-refractivity contribution in [2.75, 3.05) is 25.0 Å². The predicted octanol–water partition coefficient (Wildman–Crippen LogP) is 2.60. The van der Waals surface area contributed by atoms with Crippen LogP contribution in [0.3, 0.4) is 0 Å². The number of nitrogens with one attached hydrogen (secondary N) is 2. The number of hydrogen-bond donors (Lipinski definition) is 2. The molecule has 4 rings (SSSR count). The number of fused-ring (bicyclic) bond motifs is 1. The Morgan fingerprint density at radius 1 is 1.32 bits per heavy atom. The molecule has 2 atom stereocenters. The van der Waals surface area contributed by atoms with E-state index in [1.54, 1.807) is 6.07 Å². The van der Waals surface area contributed by atoms with Gasteiger partial charge in [0.05, 0.1) is 11.8 Å². The molecular weight excluding hydrogens is 428 g/mol. The summed E-state index contributed by atoms with van der Waals surface area (Å²) in [5, 5.41) is 3.81. The lowest BCUT2D eigenvalue weighted by Gasteiger charge is -2.42. The fraction of sp³-hybridized carbons (Fsp3) is 0.423. The third-order valence-corrected chi connectivity index (χ3v) is 6.70. The van der Waals surface area contributed by atoms with E-state index in [9.17, 15) is 9.59 Å². The summed E-state index contributed by atoms with van der Waals surface area (Å²) in [4.78, 5) is 36.8. The van der Waals surface area contributed by atoms with Crippen molar-refractivity contribution in [2.24, 2.45) is 7.05 Å². The fourth-order valence-corrected chi connectivity index (χ4v) is 4.95. The molecule has 1 aliphatic heterocycles. The molecule has 2 N–H and O–H groups in total. The van der Waals surface area contributed by atoms with E-state index in [0.29, 0.717) is 12.4 Å². The largest absolute Gasteiger partial charge is 0.394 e. The number of aromatic nitrogens is 3. The van der Waals surface area contributed by atoms with Gasteiger partial charge in [0.15, 0.2) is 5.43 Å². The number of aromatic amines is 1. The lowest BCUT2D eigenvalue weighted by molar-refractivity contribution is 0.119. The normalized spacial score (nSPS) is 17.5. The number of nitrogens with zero attached hydrogens (tertiary/aromatic N) is 4. The van der Waals surface area contributed by atoms with Crippen molar-refractivity contribution in [3.8, 4) is 0 Å². The second-order valence-corrected chi connectivity index (χ2v) is 9.07. The highest BCUT2D eigenvalue weighted by Gasteiger charge is 2.29. The number of anilines is 1. The summed E-state index contributed by atoms with van der Waals surface area (Å²) >= 11 is 0. The maximum absolute atomic E-state index is 13.4. The van der Waals surface area contributed by atoms with Gasteiger partial charge in [0.25, 0.3) is 5.56 Å². The second-order valence-electron chi connectivity index (χ2n) is 9.07. The smallest absolute Gasteiger partial charge is 0.252 e. The molecule has 0 saturated carbocycles. The van der Waals surface area contributed by atoms with Gasteiger partial charge in [0.2, 0.25) is 0 Å². The number of pyridine rings is 1. The molecule has 34 heavy (non-hydrogen) atoms. The Labute approximate surface area is 199 Å². The van der Waals surface area contributed by atoms with Gasteiger partial charge in [-0.3, -0.25) is 14.5 Å². The molecule has 0 aliphatic carbocycles. The Morgan fingerprint density at radius 3 is 2.94 bits per heavy atom. The highest BCUT2D eigenvalue weighted by atomic mass is 16.1. The Bertz CT molecular complexity index is 1260. The molecule has 0 radical (unpaired) electrons. The maximum atomic E-state index is 13.4. The van der Waals surface area contributed by atoms with E-state index in [4.69, 9.17) is 0 Å². The Balaban J connectivity index is 1.65. The topological polar surface area (TPSA) is 86.3 Å². The first kappa shape index (κ1) is 23.8. The van der Waals surface area contributed by atoms with Crippen molar-refractivity contribution in [1.82, 2.24) is 24.8 Å². The van der Waals surface area contributed by atoms with Gasteiger partial charge >= 0.3 is 0 Å². The molecule has 1 aliphatic rings. The minimum Gasteiger partial charge on any atom is -0.394 e.